The molecule has 1 fully saturated rings. The summed E-state index contributed by atoms with van der Waals surface area (Å²) in [5.74, 6) is 1.94. The van der Waals surface area contributed by atoms with Crippen LogP contribution in [0.25, 0.3) is 0 Å². The quantitative estimate of drug-likeness (QED) is 0.822. The summed E-state index contributed by atoms with van der Waals surface area (Å²) >= 11 is 0. The molecular formula is C15H21NO3. The fraction of sp³-hybridized carbons (Fsp3) is 0.533. The Morgan fingerprint density at radius 3 is 2.53 bits per heavy atom. The fourth-order valence-electron chi connectivity index (χ4n) is 1.85. The number of rotatable bonds is 7. The first-order valence-electron chi connectivity index (χ1n) is 6.92. The Bertz CT molecular complexity index is 441. The minimum absolute atomic E-state index is 0.0455. The first-order chi connectivity index (χ1) is 9.24. The van der Waals surface area contributed by atoms with E-state index >= 15 is 0 Å². The molecule has 0 bridgehead atoms. The first kappa shape index (κ1) is 13.7. The molecule has 0 heterocycles. The molecule has 0 radical (unpaired) electrons. The van der Waals surface area contributed by atoms with E-state index in [0.717, 1.165) is 6.54 Å². The summed E-state index contributed by atoms with van der Waals surface area (Å²) in [7, 11) is 0. The molecule has 2 rings (SSSR count). The maximum absolute atomic E-state index is 12.0. The highest BCUT2D eigenvalue weighted by molar-refractivity contribution is 5.94. The van der Waals surface area contributed by atoms with E-state index < -0.39 is 0 Å². The second-order valence-corrected chi connectivity index (χ2v) is 4.68. The van der Waals surface area contributed by atoms with Crippen LogP contribution in [0.2, 0.25) is 0 Å². The summed E-state index contributed by atoms with van der Waals surface area (Å²) in [5.41, 5.74) is 0.618. The van der Waals surface area contributed by atoms with Gasteiger partial charge in [-0.15, -0.1) is 0 Å². The van der Waals surface area contributed by atoms with Crippen molar-refractivity contribution < 1.29 is 14.3 Å². The lowest BCUT2D eigenvalue weighted by Crippen LogP contribution is -2.25. The first-order valence-corrected chi connectivity index (χ1v) is 6.92. The van der Waals surface area contributed by atoms with Crippen LogP contribution < -0.4 is 14.8 Å². The molecule has 1 N–H and O–H groups in total. The summed E-state index contributed by atoms with van der Waals surface area (Å²) in [6.45, 7) is 5.73. The Morgan fingerprint density at radius 1 is 1.21 bits per heavy atom. The van der Waals surface area contributed by atoms with Crippen molar-refractivity contribution in [2.45, 2.75) is 26.7 Å². The van der Waals surface area contributed by atoms with Crippen LogP contribution in [0, 0.1) is 5.92 Å². The van der Waals surface area contributed by atoms with E-state index in [1.165, 1.54) is 12.8 Å². The van der Waals surface area contributed by atoms with Gasteiger partial charge in [0.05, 0.1) is 13.2 Å². The molecule has 1 aromatic rings. The van der Waals surface area contributed by atoms with Crippen molar-refractivity contribution in [2.24, 2.45) is 5.92 Å². The third-order valence-corrected chi connectivity index (χ3v) is 3.05. The normalized spacial score (nSPS) is 14.0. The lowest BCUT2D eigenvalue weighted by molar-refractivity contribution is 0.0951. The molecule has 0 aromatic heterocycles. The zero-order valence-electron chi connectivity index (χ0n) is 11.6. The van der Waals surface area contributed by atoms with Crippen LogP contribution in [0.5, 0.6) is 11.5 Å². The molecule has 1 aliphatic rings. The molecule has 0 unspecified atom stereocenters. The van der Waals surface area contributed by atoms with Gasteiger partial charge in [-0.25, -0.2) is 0 Å². The van der Waals surface area contributed by atoms with Crippen LogP contribution in [0.4, 0.5) is 0 Å². The standard InChI is InChI=1S/C15H21NO3/c1-3-18-13-8-7-12(9-14(13)19-4-2)15(17)16-10-11-5-6-11/h7-9,11H,3-6,10H2,1-2H3,(H,16,17). The highest BCUT2D eigenvalue weighted by Gasteiger charge is 2.22. The minimum Gasteiger partial charge on any atom is -0.490 e. The number of hydrogen-bond acceptors (Lipinski definition) is 3. The average Bonchev–Trinajstić information content (AvgIpc) is 3.22. The van der Waals surface area contributed by atoms with Crippen LogP contribution >= 0.6 is 0 Å². The summed E-state index contributed by atoms with van der Waals surface area (Å²) in [6.07, 6.45) is 2.46. The van der Waals surface area contributed by atoms with Gasteiger partial charge in [0, 0.05) is 12.1 Å². The van der Waals surface area contributed by atoms with Gasteiger partial charge >= 0.3 is 0 Å². The maximum Gasteiger partial charge on any atom is 0.251 e. The maximum atomic E-state index is 12.0. The lowest BCUT2D eigenvalue weighted by atomic mass is 10.2. The van der Waals surface area contributed by atoms with Crippen molar-refractivity contribution in [3.63, 3.8) is 0 Å². The van der Waals surface area contributed by atoms with Gasteiger partial charge in [0.25, 0.3) is 5.91 Å². The molecule has 0 atom stereocenters. The monoisotopic (exact) mass is 263 g/mol. The van der Waals surface area contributed by atoms with Crippen molar-refractivity contribution in [1.29, 1.82) is 0 Å². The van der Waals surface area contributed by atoms with Crippen LogP contribution in [0.3, 0.4) is 0 Å². The second kappa shape index (κ2) is 6.45. The molecule has 0 aliphatic heterocycles. The van der Waals surface area contributed by atoms with Gasteiger partial charge in [0.15, 0.2) is 11.5 Å². The van der Waals surface area contributed by atoms with E-state index in [4.69, 9.17) is 9.47 Å². The van der Waals surface area contributed by atoms with Gasteiger partial charge in [0.2, 0.25) is 0 Å². The van der Waals surface area contributed by atoms with Crippen molar-refractivity contribution in [3.8, 4) is 11.5 Å². The number of carbonyl (C=O) groups is 1. The number of ether oxygens (including phenoxy) is 2. The van der Waals surface area contributed by atoms with Crippen molar-refractivity contribution in [2.75, 3.05) is 19.8 Å². The van der Waals surface area contributed by atoms with Crippen molar-refractivity contribution >= 4 is 5.91 Å². The third-order valence-electron chi connectivity index (χ3n) is 3.05. The molecule has 4 heteroatoms. The summed E-state index contributed by atoms with van der Waals surface area (Å²) in [5, 5.41) is 2.95. The van der Waals surface area contributed by atoms with Crippen LogP contribution in [0.1, 0.15) is 37.0 Å². The lowest BCUT2D eigenvalue weighted by Gasteiger charge is -2.12. The number of benzene rings is 1. The number of nitrogens with one attached hydrogen (secondary N) is 1. The molecular weight excluding hydrogens is 242 g/mol. The second-order valence-electron chi connectivity index (χ2n) is 4.68. The molecule has 1 saturated carbocycles. The van der Waals surface area contributed by atoms with Crippen LogP contribution in [-0.4, -0.2) is 25.7 Å². The Balaban J connectivity index is 2.06. The van der Waals surface area contributed by atoms with Crippen LogP contribution in [-0.2, 0) is 0 Å². The highest BCUT2D eigenvalue weighted by Crippen LogP contribution is 2.29. The predicted octanol–water partition coefficient (Wildman–Crippen LogP) is 2.62. The van der Waals surface area contributed by atoms with Crippen molar-refractivity contribution in [1.82, 2.24) is 5.32 Å². The van der Waals surface area contributed by atoms with E-state index in [1.807, 2.05) is 13.8 Å². The fourth-order valence-corrected chi connectivity index (χ4v) is 1.85. The molecule has 0 saturated heterocycles. The van der Waals surface area contributed by atoms with Gasteiger partial charge < -0.3 is 14.8 Å². The van der Waals surface area contributed by atoms with Gasteiger partial charge in [-0.2, -0.15) is 0 Å². The van der Waals surface area contributed by atoms with Gasteiger partial charge in [0.1, 0.15) is 0 Å². The van der Waals surface area contributed by atoms with E-state index in [1.54, 1.807) is 18.2 Å². The van der Waals surface area contributed by atoms with Gasteiger partial charge in [-0.05, 0) is 50.8 Å². The predicted molar refractivity (Wildman–Crippen MR) is 73.8 cm³/mol. The van der Waals surface area contributed by atoms with E-state index in [-0.39, 0.29) is 5.91 Å². The van der Waals surface area contributed by atoms with E-state index in [0.29, 0.717) is 36.2 Å². The molecule has 0 spiro atoms. The Morgan fingerprint density at radius 2 is 1.89 bits per heavy atom. The molecule has 1 amide bonds. The Labute approximate surface area is 114 Å². The average molecular weight is 263 g/mol. The zero-order chi connectivity index (χ0) is 13.7. The topological polar surface area (TPSA) is 47.6 Å². The van der Waals surface area contributed by atoms with Crippen LogP contribution in [0.15, 0.2) is 18.2 Å². The minimum atomic E-state index is -0.0455. The molecule has 19 heavy (non-hydrogen) atoms. The Kier molecular flexibility index (Phi) is 4.66. The summed E-state index contributed by atoms with van der Waals surface area (Å²) in [4.78, 5) is 12.0. The third kappa shape index (κ3) is 3.88. The zero-order valence-corrected chi connectivity index (χ0v) is 11.6. The molecule has 4 nitrogen and oxygen atoms in total. The highest BCUT2D eigenvalue weighted by atomic mass is 16.5. The Hall–Kier alpha value is -1.71. The summed E-state index contributed by atoms with van der Waals surface area (Å²) < 4.78 is 11.0. The largest absolute Gasteiger partial charge is 0.490 e. The SMILES string of the molecule is CCOc1ccc(C(=O)NCC2CC2)cc1OCC. The molecule has 104 valence electrons. The van der Waals surface area contributed by atoms with E-state index in [2.05, 4.69) is 5.32 Å². The molecule has 1 aromatic carbocycles. The van der Waals surface area contributed by atoms with Gasteiger partial charge in [-0.3, -0.25) is 4.79 Å². The molecule has 1 aliphatic carbocycles. The number of hydrogen-bond donors (Lipinski definition) is 1. The number of carbonyl (C=O) groups excluding carboxylic acids is 1. The van der Waals surface area contributed by atoms with Gasteiger partial charge in [-0.1, -0.05) is 0 Å². The number of amides is 1. The smallest absolute Gasteiger partial charge is 0.251 e. The van der Waals surface area contributed by atoms with E-state index in [9.17, 15) is 4.79 Å². The van der Waals surface area contributed by atoms with Crippen molar-refractivity contribution in [3.05, 3.63) is 23.8 Å². The summed E-state index contributed by atoms with van der Waals surface area (Å²) in [6, 6.07) is 5.31.